The van der Waals surface area contributed by atoms with Gasteiger partial charge in [0.1, 0.15) is 0 Å². The molecule has 1 aliphatic heterocycles. The number of hydroxylamine groups is 1. The third kappa shape index (κ3) is 4.71. The van der Waals surface area contributed by atoms with Gasteiger partial charge in [0.2, 0.25) is 0 Å². The molecule has 3 N–H and O–H groups in total. The summed E-state index contributed by atoms with van der Waals surface area (Å²) in [6, 6.07) is 3.87. The second kappa shape index (κ2) is 9.11. The molecule has 1 aliphatic rings. The van der Waals surface area contributed by atoms with E-state index in [4.69, 9.17) is 9.57 Å². The van der Waals surface area contributed by atoms with Crippen LogP contribution in [0.15, 0.2) is 18.3 Å². The number of aromatic amines is 1. The minimum absolute atomic E-state index is 0.226. The van der Waals surface area contributed by atoms with E-state index in [2.05, 4.69) is 35.6 Å². The lowest BCUT2D eigenvalue weighted by Gasteiger charge is -2.43. The highest BCUT2D eigenvalue weighted by molar-refractivity contribution is 5.82. The molecule has 160 valence electrons. The number of aliphatic hydroxyl groups is 1. The summed E-state index contributed by atoms with van der Waals surface area (Å²) in [5.74, 6) is 0.287. The van der Waals surface area contributed by atoms with Gasteiger partial charge in [0.05, 0.1) is 31.0 Å². The van der Waals surface area contributed by atoms with Crippen molar-refractivity contribution in [3.05, 3.63) is 29.5 Å². The number of nitrogens with one attached hydrogen (secondary N) is 2. The van der Waals surface area contributed by atoms with Gasteiger partial charge in [-0.1, -0.05) is 19.9 Å². The van der Waals surface area contributed by atoms with Gasteiger partial charge in [-0.3, -0.25) is 9.94 Å². The van der Waals surface area contributed by atoms with E-state index in [0.717, 1.165) is 34.9 Å². The predicted octanol–water partition coefficient (Wildman–Crippen LogP) is 2.93. The molecule has 2 heterocycles. The Kier molecular flexibility index (Phi) is 6.77. The van der Waals surface area contributed by atoms with Crippen molar-refractivity contribution in [3.63, 3.8) is 0 Å². The maximum absolute atomic E-state index is 12.2. The highest BCUT2D eigenvalue weighted by atomic mass is 16.7. The van der Waals surface area contributed by atoms with Gasteiger partial charge in [0.25, 0.3) is 0 Å². The monoisotopic (exact) mass is 404 g/mol. The lowest BCUT2D eigenvalue weighted by Crippen LogP contribution is -2.47. The van der Waals surface area contributed by atoms with Crippen LogP contribution in [0.1, 0.15) is 43.9 Å². The Morgan fingerprint density at radius 1 is 1.38 bits per heavy atom. The van der Waals surface area contributed by atoms with Crippen molar-refractivity contribution >= 4 is 16.9 Å². The molecule has 0 bridgehead atoms. The van der Waals surface area contributed by atoms with E-state index in [1.807, 2.05) is 13.0 Å². The van der Waals surface area contributed by atoms with Crippen LogP contribution in [-0.4, -0.2) is 59.6 Å². The topological polar surface area (TPSA) is 99.7 Å². The smallest absolute Gasteiger partial charge is 0.341 e. The van der Waals surface area contributed by atoms with Gasteiger partial charge in [0, 0.05) is 31.1 Å². The van der Waals surface area contributed by atoms with E-state index in [1.54, 1.807) is 18.2 Å². The summed E-state index contributed by atoms with van der Waals surface area (Å²) in [5, 5.41) is 19.5. The first kappa shape index (κ1) is 21.5. The van der Waals surface area contributed by atoms with Crippen molar-refractivity contribution in [3.8, 4) is 0 Å². The largest absolute Gasteiger partial charge is 0.388 e. The fourth-order valence-electron chi connectivity index (χ4n) is 4.21. The van der Waals surface area contributed by atoms with Gasteiger partial charge < -0.3 is 14.7 Å². The molecule has 1 aromatic carbocycles. The molecule has 1 saturated heterocycles. The Balaban J connectivity index is 1.63. The van der Waals surface area contributed by atoms with Crippen molar-refractivity contribution in [2.75, 3.05) is 33.4 Å². The van der Waals surface area contributed by atoms with Crippen molar-refractivity contribution in [2.24, 2.45) is 11.3 Å². The first-order valence-electron chi connectivity index (χ1n) is 10.1. The summed E-state index contributed by atoms with van der Waals surface area (Å²) in [7, 11) is 1.58. The molecule has 29 heavy (non-hydrogen) atoms. The van der Waals surface area contributed by atoms with Crippen LogP contribution >= 0.6 is 0 Å². The Hall–Kier alpha value is -2.16. The number of carbonyl (C=O) groups is 1. The number of rotatable bonds is 7. The number of aryl methyl sites for hydroxylation is 1. The molecule has 2 aromatic rings. The molecular formula is C21H32N4O4. The lowest BCUT2D eigenvalue weighted by molar-refractivity contribution is -0.0199. The third-order valence-electron chi connectivity index (χ3n) is 6.11. The molecule has 3 rings (SSSR count). The van der Waals surface area contributed by atoms with Crippen LogP contribution in [0.4, 0.5) is 4.79 Å². The highest BCUT2D eigenvalue weighted by Crippen LogP contribution is 2.45. The quantitative estimate of drug-likeness (QED) is 0.487. The van der Waals surface area contributed by atoms with Gasteiger partial charge in [-0.05, 0) is 42.7 Å². The first-order chi connectivity index (χ1) is 13.8. The Bertz CT molecular complexity index is 827. The third-order valence-corrected chi connectivity index (χ3v) is 6.11. The molecule has 8 nitrogen and oxygen atoms in total. The zero-order chi connectivity index (χ0) is 21.0. The number of nitrogens with zero attached hydrogens (tertiary/aromatic N) is 2. The summed E-state index contributed by atoms with van der Waals surface area (Å²) in [6.07, 6.45) is 2.81. The number of methoxy groups -OCH3 is 1. The first-order valence-corrected chi connectivity index (χ1v) is 10.1. The maximum atomic E-state index is 12.2. The second-order valence-electron chi connectivity index (χ2n) is 8.42. The molecule has 1 atom stereocenters. The number of aliphatic hydroxyl groups excluding tert-OH is 1. The number of fused-ring (bicyclic) bond motifs is 1. The van der Waals surface area contributed by atoms with Crippen LogP contribution in [0.2, 0.25) is 0 Å². The van der Waals surface area contributed by atoms with E-state index in [0.29, 0.717) is 26.3 Å². The number of likely N-dealkylation sites (tertiary alicyclic amines) is 1. The Labute approximate surface area is 171 Å². The number of ether oxygens (including phenoxy) is 1. The predicted molar refractivity (Wildman–Crippen MR) is 110 cm³/mol. The zero-order valence-corrected chi connectivity index (χ0v) is 17.7. The molecule has 0 spiro atoms. The Morgan fingerprint density at radius 3 is 2.79 bits per heavy atom. The Morgan fingerprint density at radius 2 is 2.10 bits per heavy atom. The molecule has 0 aliphatic carbocycles. The summed E-state index contributed by atoms with van der Waals surface area (Å²) in [5.41, 5.74) is 4.99. The maximum Gasteiger partial charge on any atom is 0.341 e. The number of piperidine rings is 1. The molecule has 0 unspecified atom stereocenters. The van der Waals surface area contributed by atoms with Gasteiger partial charge in [-0.25, -0.2) is 10.3 Å². The van der Waals surface area contributed by atoms with E-state index in [-0.39, 0.29) is 17.4 Å². The number of urea groups is 1. The van der Waals surface area contributed by atoms with E-state index >= 15 is 0 Å². The number of hydrogen-bond acceptors (Lipinski definition) is 5. The van der Waals surface area contributed by atoms with Crippen LogP contribution in [0, 0.1) is 18.3 Å². The zero-order valence-electron chi connectivity index (χ0n) is 17.7. The molecule has 1 fully saturated rings. The minimum atomic E-state index is -0.631. The van der Waals surface area contributed by atoms with Crippen molar-refractivity contribution < 1.29 is 19.5 Å². The standard InChI is InChI=1S/C21H32N4O4/c1-14-11-15-13-22-23-18(15)17(12-14)19(26)21(2,3)16-5-7-25(8-6-16)20(27)24-29-10-9-28-4/h11-13,16,19,26H,5-10H2,1-4H3,(H,22,23)(H,24,27)/t19-/m1/s1. The molecule has 1 aromatic heterocycles. The number of carbonyl (C=O) groups excluding carboxylic acids is 1. The van der Waals surface area contributed by atoms with Gasteiger partial charge in [0.15, 0.2) is 0 Å². The summed E-state index contributed by atoms with van der Waals surface area (Å²) in [6.45, 7) is 8.25. The molecule has 0 radical (unpaired) electrons. The lowest BCUT2D eigenvalue weighted by atomic mass is 9.68. The van der Waals surface area contributed by atoms with Crippen LogP contribution in [0.25, 0.3) is 10.9 Å². The number of aromatic nitrogens is 2. The number of H-pyrrole nitrogens is 1. The average Bonchev–Trinajstić information content (AvgIpc) is 3.18. The SMILES string of the molecule is COCCONC(=O)N1CCC(C(C)(C)[C@H](O)c2cc(C)cc3cn[nH]c23)CC1. The van der Waals surface area contributed by atoms with Crippen LogP contribution in [-0.2, 0) is 9.57 Å². The van der Waals surface area contributed by atoms with Crippen LogP contribution in [0.5, 0.6) is 0 Å². The average molecular weight is 405 g/mol. The minimum Gasteiger partial charge on any atom is -0.388 e. The van der Waals surface area contributed by atoms with Gasteiger partial charge in [-0.15, -0.1) is 0 Å². The molecular weight excluding hydrogens is 372 g/mol. The second-order valence-corrected chi connectivity index (χ2v) is 8.42. The number of amides is 2. The summed E-state index contributed by atoms with van der Waals surface area (Å²) < 4.78 is 4.89. The fourth-order valence-corrected chi connectivity index (χ4v) is 4.21. The van der Waals surface area contributed by atoms with E-state index < -0.39 is 6.10 Å². The normalized spacial score (nSPS) is 16.9. The number of hydrogen-bond donors (Lipinski definition) is 3. The highest BCUT2D eigenvalue weighted by Gasteiger charge is 2.40. The van der Waals surface area contributed by atoms with E-state index in [1.165, 1.54) is 0 Å². The molecule has 2 amide bonds. The van der Waals surface area contributed by atoms with Crippen molar-refractivity contribution in [1.82, 2.24) is 20.6 Å². The van der Waals surface area contributed by atoms with Crippen molar-refractivity contribution in [1.29, 1.82) is 0 Å². The van der Waals surface area contributed by atoms with Crippen LogP contribution < -0.4 is 5.48 Å². The molecule has 8 heteroatoms. The van der Waals surface area contributed by atoms with Gasteiger partial charge in [-0.2, -0.15) is 5.10 Å². The summed E-state index contributed by atoms with van der Waals surface area (Å²) >= 11 is 0. The van der Waals surface area contributed by atoms with Crippen LogP contribution in [0.3, 0.4) is 0 Å². The number of benzene rings is 1. The summed E-state index contributed by atoms with van der Waals surface area (Å²) in [4.78, 5) is 19.1. The van der Waals surface area contributed by atoms with Crippen molar-refractivity contribution in [2.45, 2.75) is 39.7 Å². The van der Waals surface area contributed by atoms with E-state index in [9.17, 15) is 9.90 Å². The molecule has 0 saturated carbocycles. The van der Waals surface area contributed by atoms with Gasteiger partial charge >= 0.3 is 6.03 Å². The fraction of sp³-hybridized carbons (Fsp3) is 0.619.